The van der Waals surface area contributed by atoms with Crippen molar-refractivity contribution in [1.29, 1.82) is 0 Å². The normalized spacial score (nSPS) is 12.2. The molecule has 6 nitrogen and oxygen atoms in total. The second kappa shape index (κ2) is 7.27. The van der Waals surface area contributed by atoms with Gasteiger partial charge >= 0.3 is 5.69 Å². The van der Waals surface area contributed by atoms with Gasteiger partial charge in [-0.15, -0.1) is 0 Å². The monoisotopic (exact) mass is 316 g/mol. The number of halogens is 1. The van der Waals surface area contributed by atoms with Crippen molar-refractivity contribution in [3.05, 3.63) is 27.0 Å². The second-order valence-corrected chi connectivity index (χ2v) is 4.85. The molecule has 1 rings (SSSR count). The van der Waals surface area contributed by atoms with Crippen molar-refractivity contribution in [3.63, 3.8) is 0 Å². The van der Waals surface area contributed by atoms with Crippen LogP contribution < -0.4 is 11.1 Å². The smallest absolute Gasteiger partial charge is 0.311 e. The lowest BCUT2D eigenvalue weighted by atomic mass is 10.1. The van der Waals surface area contributed by atoms with E-state index in [2.05, 4.69) is 33.2 Å². The molecule has 1 unspecified atom stereocenters. The van der Waals surface area contributed by atoms with Crippen molar-refractivity contribution in [2.75, 3.05) is 11.9 Å². The van der Waals surface area contributed by atoms with Crippen LogP contribution in [-0.2, 0) is 0 Å². The number of anilines is 1. The van der Waals surface area contributed by atoms with Crippen LogP contribution >= 0.6 is 15.9 Å². The number of aromatic nitrogens is 1. The molecule has 0 saturated carbocycles. The Labute approximate surface area is 114 Å². The number of unbranched alkanes of at least 4 members (excludes halogenated alkanes) is 1. The third kappa shape index (κ3) is 3.92. The highest BCUT2D eigenvalue weighted by Crippen LogP contribution is 2.31. The molecule has 0 aliphatic rings. The van der Waals surface area contributed by atoms with Crippen molar-refractivity contribution in [3.8, 4) is 0 Å². The molecule has 0 fully saturated rings. The summed E-state index contributed by atoms with van der Waals surface area (Å²) in [6.07, 6.45) is 5.76. The van der Waals surface area contributed by atoms with Gasteiger partial charge in [0.15, 0.2) is 0 Å². The maximum atomic E-state index is 10.9. The Hall–Kier alpha value is -1.21. The first-order valence-electron chi connectivity index (χ1n) is 5.84. The van der Waals surface area contributed by atoms with Gasteiger partial charge in [-0.3, -0.25) is 15.1 Å². The third-order valence-electron chi connectivity index (χ3n) is 2.62. The molecule has 0 saturated heterocycles. The van der Waals surface area contributed by atoms with Crippen LogP contribution in [0.3, 0.4) is 0 Å². The zero-order chi connectivity index (χ0) is 13.5. The number of nitrogens with two attached hydrogens (primary N) is 1. The lowest BCUT2D eigenvalue weighted by molar-refractivity contribution is -0.384. The van der Waals surface area contributed by atoms with E-state index in [0.29, 0.717) is 16.7 Å². The quantitative estimate of drug-likeness (QED) is 0.595. The number of rotatable bonds is 7. The molecule has 3 N–H and O–H groups in total. The fourth-order valence-electron chi connectivity index (χ4n) is 1.61. The molecular weight excluding hydrogens is 300 g/mol. The number of nitrogens with one attached hydrogen (secondary N) is 1. The Morgan fingerprint density at radius 2 is 2.33 bits per heavy atom. The average Bonchev–Trinajstić information content (AvgIpc) is 2.35. The zero-order valence-electron chi connectivity index (χ0n) is 10.2. The van der Waals surface area contributed by atoms with E-state index in [-0.39, 0.29) is 11.7 Å². The van der Waals surface area contributed by atoms with E-state index in [4.69, 9.17) is 5.73 Å². The minimum Gasteiger partial charge on any atom is -0.374 e. The molecule has 0 spiro atoms. The van der Waals surface area contributed by atoms with Crippen LogP contribution in [0.25, 0.3) is 0 Å². The number of hydrogen-bond donors (Lipinski definition) is 2. The molecule has 7 heteroatoms. The lowest BCUT2D eigenvalue weighted by Gasteiger charge is -2.18. The van der Waals surface area contributed by atoms with Crippen LogP contribution in [0.2, 0.25) is 0 Å². The van der Waals surface area contributed by atoms with Crippen LogP contribution in [0.5, 0.6) is 0 Å². The molecule has 0 amide bonds. The third-order valence-corrected chi connectivity index (χ3v) is 3.22. The Kier molecular flexibility index (Phi) is 6.00. The van der Waals surface area contributed by atoms with Gasteiger partial charge in [0.05, 0.1) is 9.40 Å². The molecule has 100 valence electrons. The van der Waals surface area contributed by atoms with E-state index in [1.165, 1.54) is 12.4 Å². The van der Waals surface area contributed by atoms with Crippen LogP contribution in [0.15, 0.2) is 16.9 Å². The van der Waals surface area contributed by atoms with Crippen LogP contribution in [0, 0.1) is 10.1 Å². The molecule has 0 radical (unpaired) electrons. The maximum absolute atomic E-state index is 10.9. The molecule has 0 aliphatic carbocycles. The molecule has 1 aromatic rings. The Bertz CT molecular complexity index is 414. The van der Waals surface area contributed by atoms with Gasteiger partial charge in [-0.1, -0.05) is 19.8 Å². The minimum atomic E-state index is -0.451. The number of nitro groups is 1. The Balaban J connectivity index is 2.90. The SMILES string of the molecule is CCCCC(CN)Nc1c(Br)cncc1[N+](=O)[O-]. The number of pyridine rings is 1. The van der Waals surface area contributed by atoms with E-state index >= 15 is 0 Å². The first kappa shape index (κ1) is 14.8. The molecule has 18 heavy (non-hydrogen) atoms. The average molecular weight is 317 g/mol. The lowest BCUT2D eigenvalue weighted by Crippen LogP contribution is -2.29. The predicted octanol–water partition coefficient (Wildman–Crippen LogP) is 2.68. The fraction of sp³-hybridized carbons (Fsp3) is 0.545. The van der Waals surface area contributed by atoms with Gasteiger partial charge in [-0.05, 0) is 22.4 Å². The highest BCUT2D eigenvalue weighted by Gasteiger charge is 2.19. The summed E-state index contributed by atoms with van der Waals surface area (Å²) in [6.45, 7) is 2.53. The van der Waals surface area contributed by atoms with Crippen molar-refractivity contribution in [2.24, 2.45) is 5.73 Å². The zero-order valence-corrected chi connectivity index (χ0v) is 11.8. The van der Waals surface area contributed by atoms with Crippen LogP contribution in [-0.4, -0.2) is 22.5 Å². The van der Waals surface area contributed by atoms with E-state index < -0.39 is 4.92 Å². The van der Waals surface area contributed by atoms with Crippen LogP contribution in [0.4, 0.5) is 11.4 Å². The molecule has 1 heterocycles. The summed E-state index contributed by atoms with van der Waals surface area (Å²) < 4.78 is 0.576. The van der Waals surface area contributed by atoms with Crippen molar-refractivity contribution in [1.82, 2.24) is 4.98 Å². The Morgan fingerprint density at radius 3 is 2.89 bits per heavy atom. The summed E-state index contributed by atoms with van der Waals surface area (Å²) in [4.78, 5) is 14.3. The standard InChI is InChI=1S/C11H17BrN4O2/c1-2-3-4-8(5-13)15-11-9(12)6-14-7-10(11)16(17)18/h6-8H,2-5,13H2,1H3,(H,14,15). The van der Waals surface area contributed by atoms with Gasteiger partial charge in [0.2, 0.25) is 0 Å². The number of nitrogens with zero attached hydrogens (tertiary/aromatic N) is 2. The van der Waals surface area contributed by atoms with Gasteiger partial charge < -0.3 is 11.1 Å². The largest absolute Gasteiger partial charge is 0.374 e. The van der Waals surface area contributed by atoms with Gasteiger partial charge in [0, 0.05) is 18.8 Å². The summed E-state index contributed by atoms with van der Waals surface area (Å²) in [7, 11) is 0. The van der Waals surface area contributed by atoms with Crippen LogP contribution in [0.1, 0.15) is 26.2 Å². The van der Waals surface area contributed by atoms with Gasteiger partial charge in [-0.2, -0.15) is 0 Å². The topological polar surface area (TPSA) is 94.1 Å². The van der Waals surface area contributed by atoms with Crippen molar-refractivity contribution >= 4 is 27.3 Å². The van der Waals surface area contributed by atoms with Gasteiger partial charge in [0.1, 0.15) is 11.9 Å². The molecule has 1 aromatic heterocycles. The summed E-state index contributed by atoms with van der Waals surface area (Å²) >= 11 is 3.27. The summed E-state index contributed by atoms with van der Waals surface area (Å²) in [5.74, 6) is 0. The first-order chi connectivity index (χ1) is 8.60. The van der Waals surface area contributed by atoms with Gasteiger partial charge in [0.25, 0.3) is 0 Å². The Morgan fingerprint density at radius 1 is 1.61 bits per heavy atom. The van der Waals surface area contributed by atoms with E-state index in [0.717, 1.165) is 19.3 Å². The fourth-order valence-corrected chi connectivity index (χ4v) is 2.05. The summed E-state index contributed by atoms with van der Waals surface area (Å²) in [5, 5.41) is 14.1. The highest BCUT2D eigenvalue weighted by atomic mass is 79.9. The van der Waals surface area contributed by atoms with E-state index in [1.54, 1.807) is 0 Å². The van der Waals surface area contributed by atoms with Crippen molar-refractivity contribution in [2.45, 2.75) is 32.2 Å². The molecule has 1 atom stereocenters. The second-order valence-electron chi connectivity index (χ2n) is 3.99. The van der Waals surface area contributed by atoms with E-state index in [9.17, 15) is 10.1 Å². The van der Waals surface area contributed by atoms with E-state index in [1.807, 2.05) is 0 Å². The highest BCUT2D eigenvalue weighted by molar-refractivity contribution is 9.10. The maximum Gasteiger partial charge on any atom is 0.311 e. The van der Waals surface area contributed by atoms with Gasteiger partial charge in [-0.25, -0.2) is 0 Å². The summed E-state index contributed by atoms with van der Waals surface area (Å²) in [6, 6.07) is 0.0300. The molecule has 0 aliphatic heterocycles. The first-order valence-corrected chi connectivity index (χ1v) is 6.64. The predicted molar refractivity (Wildman–Crippen MR) is 74.6 cm³/mol. The van der Waals surface area contributed by atoms with Crippen molar-refractivity contribution < 1.29 is 4.92 Å². The molecule has 0 aromatic carbocycles. The molecular formula is C11H17BrN4O2. The summed E-state index contributed by atoms with van der Waals surface area (Å²) in [5.41, 5.74) is 6.08. The molecule has 0 bridgehead atoms. The minimum absolute atomic E-state index is 0.0300. The number of hydrogen-bond acceptors (Lipinski definition) is 5.